The summed E-state index contributed by atoms with van der Waals surface area (Å²) in [5.41, 5.74) is 0.995. The summed E-state index contributed by atoms with van der Waals surface area (Å²) in [6.45, 7) is 14.6. The lowest BCUT2D eigenvalue weighted by Gasteiger charge is -2.30. The molecule has 0 atom stereocenters. The van der Waals surface area contributed by atoms with Crippen molar-refractivity contribution in [3.63, 3.8) is 0 Å². The lowest BCUT2D eigenvalue weighted by molar-refractivity contribution is 0.173. The number of aliphatic imine (C=N–C) groups is 1. The molecule has 0 aliphatic rings. The molecule has 0 fully saturated rings. The predicted molar refractivity (Wildman–Crippen MR) is 123 cm³/mol. The number of aromatic nitrogens is 2. The van der Waals surface area contributed by atoms with Crippen molar-refractivity contribution >= 4 is 46.2 Å². The Labute approximate surface area is 178 Å². The van der Waals surface area contributed by atoms with Gasteiger partial charge in [0, 0.05) is 49.5 Å². The zero-order valence-electron chi connectivity index (χ0n) is 16.5. The third-order valence-electron chi connectivity index (χ3n) is 4.10. The van der Waals surface area contributed by atoms with Gasteiger partial charge in [-0.3, -0.25) is 9.30 Å². The van der Waals surface area contributed by atoms with E-state index in [2.05, 4.69) is 60.1 Å². The lowest BCUT2D eigenvalue weighted by Crippen LogP contribution is -2.41. The Morgan fingerprint density at radius 2 is 2.00 bits per heavy atom. The van der Waals surface area contributed by atoms with Crippen molar-refractivity contribution in [1.29, 1.82) is 0 Å². The molecule has 0 spiro atoms. The highest BCUT2D eigenvalue weighted by Gasteiger charge is 2.12. The molecule has 0 radical (unpaired) electrons. The Kier molecular flexibility index (Phi) is 10.5. The summed E-state index contributed by atoms with van der Waals surface area (Å²) in [4.78, 5) is 12.8. The minimum absolute atomic E-state index is 0. The molecule has 2 rings (SSSR count). The zero-order chi connectivity index (χ0) is 18.2. The number of rotatable bonds is 9. The van der Waals surface area contributed by atoms with Crippen LogP contribution >= 0.6 is 35.3 Å². The minimum Gasteiger partial charge on any atom is -0.357 e. The van der Waals surface area contributed by atoms with Gasteiger partial charge in [-0.15, -0.1) is 35.3 Å². The smallest absolute Gasteiger partial charge is 0.193 e. The quantitative estimate of drug-likeness (QED) is 0.243. The summed E-state index contributed by atoms with van der Waals surface area (Å²) in [6, 6.07) is 1.16. The van der Waals surface area contributed by atoms with E-state index in [0.717, 1.165) is 42.7 Å². The molecule has 0 saturated carbocycles. The Hall–Kier alpha value is -0.870. The molecule has 2 aromatic heterocycles. The Morgan fingerprint density at radius 3 is 2.62 bits per heavy atom. The van der Waals surface area contributed by atoms with Gasteiger partial charge >= 0.3 is 0 Å². The van der Waals surface area contributed by atoms with E-state index in [1.165, 1.54) is 0 Å². The largest absolute Gasteiger partial charge is 0.357 e. The molecule has 0 amide bonds. The predicted octanol–water partition coefficient (Wildman–Crippen LogP) is 3.58. The normalized spacial score (nSPS) is 12.2. The highest BCUT2D eigenvalue weighted by Crippen LogP contribution is 2.11. The number of hydrogen-bond donors (Lipinski definition) is 2. The molecule has 0 aliphatic carbocycles. The van der Waals surface area contributed by atoms with Crippen molar-refractivity contribution in [2.24, 2.45) is 4.99 Å². The van der Waals surface area contributed by atoms with Gasteiger partial charge in [0.15, 0.2) is 10.9 Å². The Balaban J connectivity index is 0.00000338. The van der Waals surface area contributed by atoms with Crippen molar-refractivity contribution in [1.82, 2.24) is 24.9 Å². The molecule has 6 nitrogen and oxygen atoms in total. The number of nitrogens with zero attached hydrogens (tertiary/aromatic N) is 4. The topological polar surface area (TPSA) is 57.0 Å². The molecule has 2 aromatic rings. The molecule has 2 heterocycles. The van der Waals surface area contributed by atoms with Crippen LogP contribution in [0.25, 0.3) is 4.96 Å². The summed E-state index contributed by atoms with van der Waals surface area (Å²) in [6.07, 6.45) is 5.17. The van der Waals surface area contributed by atoms with E-state index in [9.17, 15) is 0 Å². The molecule has 0 saturated heterocycles. The lowest BCUT2D eigenvalue weighted by atomic mass is 10.2. The average molecular weight is 492 g/mol. The van der Waals surface area contributed by atoms with E-state index in [4.69, 9.17) is 0 Å². The van der Waals surface area contributed by atoms with Crippen LogP contribution in [0.3, 0.4) is 0 Å². The van der Waals surface area contributed by atoms with Gasteiger partial charge in [0.05, 0.1) is 12.2 Å². The first kappa shape index (κ1) is 23.2. The van der Waals surface area contributed by atoms with E-state index < -0.39 is 0 Å². The van der Waals surface area contributed by atoms with Gasteiger partial charge in [-0.1, -0.05) is 0 Å². The number of halogens is 1. The van der Waals surface area contributed by atoms with Crippen LogP contribution in [-0.2, 0) is 6.54 Å². The molecular formula is C18H33IN6S. The highest BCUT2D eigenvalue weighted by atomic mass is 127. The molecule has 0 aliphatic heterocycles. The van der Waals surface area contributed by atoms with E-state index in [0.29, 0.717) is 18.6 Å². The summed E-state index contributed by atoms with van der Waals surface area (Å²) in [7, 11) is 0. The molecular weight excluding hydrogens is 459 g/mol. The van der Waals surface area contributed by atoms with Gasteiger partial charge in [0.2, 0.25) is 0 Å². The van der Waals surface area contributed by atoms with E-state index in [1.54, 1.807) is 11.3 Å². The number of fused-ring (bicyclic) bond motifs is 1. The Bertz CT molecular complexity index is 627. The zero-order valence-corrected chi connectivity index (χ0v) is 19.7. The summed E-state index contributed by atoms with van der Waals surface area (Å²) in [5, 5.41) is 8.78. The SMILES string of the molecule is CCNC(=NCc1cn2ccsc2n1)NCCCN(C(C)C)C(C)C.I. The van der Waals surface area contributed by atoms with Crippen LogP contribution in [0.15, 0.2) is 22.8 Å². The fourth-order valence-corrected chi connectivity index (χ4v) is 3.65. The average Bonchev–Trinajstić information content (AvgIpc) is 3.12. The molecule has 148 valence electrons. The van der Waals surface area contributed by atoms with E-state index in [1.807, 2.05) is 22.2 Å². The second kappa shape index (κ2) is 11.8. The first-order valence-electron chi connectivity index (χ1n) is 9.20. The van der Waals surface area contributed by atoms with Crippen molar-refractivity contribution < 1.29 is 0 Å². The third kappa shape index (κ3) is 7.03. The van der Waals surface area contributed by atoms with E-state index >= 15 is 0 Å². The van der Waals surface area contributed by atoms with Crippen molar-refractivity contribution in [3.8, 4) is 0 Å². The summed E-state index contributed by atoms with van der Waals surface area (Å²) < 4.78 is 2.04. The van der Waals surface area contributed by atoms with Crippen LogP contribution in [0.4, 0.5) is 0 Å². The van der Waals surface area contributed by atoms with Gasteiger partial charge in [-0.05, 0) is 41.0 Å². The summed E-state index contributed by atoms with van der Waals surface area (Å²) in [5.74, 6) is 0.861. The number of guanidine groups is 1. The van der Waals surface area contributed by atoms with Gasteiger partial charge in [-0.2, -0.15) is 0 Å². The van der Waals surface area contributed by atoms with Crippen LogP contribution in [-0.4, -0.2) is 52.0 Å². The van der Waals surface area contributed by atoms with Gasteiger partial charge in [0.25, 0.3) is 0 Å². The van der Waals surface area contributed by atoms with Crippen LogP contribution in [0.5, 0.6) is 0 Å². The number of nitrogens with one attached hydrogen (secondary N) is 2. The second-order valence-corrected chi connectivity index (χ2v) is 7.60. The van der Waals surface area contributed by atoms with Crippen molar-refractivity contribution in [2.75, 3.05) is 19.6 Å². The second-order valence-electron chi connectivity index (χ2n) is 6.73. The standard InChI is InChI=1S/C18H32N6S.HI/c1-6-19-17(20-8-7-9-24(14(2)3)15(4)5)21-12-16-13-23-10-11-25-18(23)22-16;/h10-11,13-15H,6-9,12H2,1-5H3,(H2,19,20,21);1H. The fraction of sp³-hybridized carbons (Fsp3) is 0.667. The number of hydrogen-bond acceptors (Lipinski definition) is 4. The minimum atomic E-state index is 0. The molecule has 0 aromatic carbocycles. The number of thiazole rings is 1. The maximum Gasteiger partial charge on any atom is 0.193 e. The van der Waals surface area contributed by atoms with Crippen molar-refractivity contribution in [2.45, 2.75) is 59.7 Å². The molecule has 8 heteroatoms. The van der Waals surface area contributed by atoms with Crippen LogP contribution in [0.1, 0.15) is 46.7 Å². The highest BCUT2D eigenvalue weighted by molar-refractivity contribution is 14.0. The molecule has 2 N–H and O–H groups in total. The molecule has 0 bridgehead atoms. The molecule has 0 unspecified atom stereocenters. The van der Waals surface area contributed by atoms with Crippen molar-refractivity contribution in [3.05, 3.63) is 23.5 Å². The monoisotopic (exact) mass is 492 g/mol. The maximum atomic E-state index is 4.66. The maximum absolute atomic E-state index is 4.66. The first-order chi connectivity index (χ1) is 12.0. The summed E-state index contributed by atoms with van der Waals surface area (Å²) >= 11 is 1.64. The Morgan fingerprint density at radius 1 is 1.27 bits per heavy atom. The van der Waals surface area contributed by atoms with Crippen LogP contribution in [0.2, 0.25) is 0 Å². The van der Waals surface area contributed by atoms with Gasteiger partial charge in [-0.25, -0.2) is 9.98 Å². The third-order valence-corrected chi connectivity index (χ3v) is 4.87. The molecule has 26 heavy (non-hydrogen) atoms. The van der Waals surface area contributed by atoms with Gasteiger partial charge < -0.3 is 10.6 Å². The number of imidazole rings is 1. The van der Waals surface area contributed by atoms with Gasteiger partial charge in [0.1, 0.15) is 0 Å². The van der Waals surface area contributed by atoms with E-state index in [-0.39, 0.29) is 24.0 Å². The fourth-order valence-electron chi connectivity index (χ4n) is 2.94. The first-order valence-corrected chi connectivity index (χ1v) is 10.1. The van der Waals surface area contributed by atoms with Crippen LogP contribution in [0, 0.1) is 0 Å². The van der Waals surface area contributed by atoms with Crippen LogP contribution < -0.4 is 10.6 Å².